The zero-order chi connectivity index (χ0) is 31.7. The second-order valence-electron chi connectivity index (χ2n) is 9.91. The molecule has 0 bridgehead atoms. The van der Waals surface area contributed by atoms with Gasteiger partial charge < -0.3 is 19.0 Å². The highest BCUT2D eigenvalue weighted by molar-refractivity contribution is 7.07. The van der Waals surface area contributed by atoms with Crippen LogP contribution in [0, 0.1) is 0 Å². The van der Waals surface area contributed by atoms with E-state index in [9.17, 15) is 19.5 Å². The number of hydrogen-bond acceptors (Lipinski definition) is 8. The second-order valence-corrected chi connectivity index (χ2v) is 11.3. The molecule has 6 rings (SSSR count). The summed E-state index contributed by atoms with van der Waals surface area (Å²) in [6, 6.07) is 23.2. The first-order valence-electron chi connectivity index (χ1n) is 13.8. The number of carbonyl (C=O) groups is 2. The lowest BCUT2D eigenvalue weighted by molar-refractivity contribution is -0.138. The van der Waals surface area contributed by atoms with Gasteiger partial charge in [0.05, 0.1) is 46.1 Å². The number of nitrogens with zero attached hydrogens (tertiary/aromatic N) is 2. The SMILES string of the molecule is CCOC(=O)C1=C(c2ccccc2)N=c2s/c(=C\c3ccc(-c4cc(C(=O)O)ccc4Cl)o3)c(=O)n2[C@H]1c1ccc(OC)cc1. The Hall–Kier alpha value is -5.19. The fourth-order valence-corrected chi connectivity index (χ4v) is 6.29. The molecule has 0 aliphatic carbocycles. The van der Waals surface area contributed by atoms with Crippen molar-refractivity contribution in [2.24, 2.45) is 4.99 Å². The van der Waals surface area contributed by atoms with E-state index < -0.39 is 18.0 Å². The minimum atomic E-state index is -1.09. The molecule has 0 amide bonds. The molecular weight excluding hydrogens is 616 g/mol. The summed E-state index contributed by atoms with van der Waals surface area (Å²) in [5, 5.41) is 9.72. The predicted molar refractivity (Wildman–Crippen MR) is 170 cm³/mol. The minimum absolute atomic E-state index is 0.0609. The molecule has 9 nitrogen and oxygen atoms in total. The quantitative estimate of drug-likeness (QED) is 0.221. The van der Waals surface area contributed by atoms with E-state index in [2.05, 4.69) is 0 Å². The molecule has 0 unspecified atom stereocenters. The van der Waals surface area contributed by atoms with Gasteiger partial charge in [-0.05, 0) is 55.0 Å². The molecule has 1 aliphatic heterocycles. The predicted octanol–water partition coefficient (Wildman–Crippen LogP) is 5.56. The van der Waals surface area contributed by atoms with Gasteiger partial charge in [-0.15, -0.1) is 0 Å². The Bertz CT molecular complexity index is 2140. The number of furan rings is 1. The van der Waals surface area contributed by atoms with Crippen LogP contribution in [0.2, 0.25) is 5.02 Å². The number of aromatic carboxylic acids is 1. The first-order valence-corrected chi connectivity index (χ1v) is 15.0. The number of carboxylic acid groups (broad SMARTS) is 1. The number of carboxylic acids is 1. The van der Waals surface area contributed by atoms with Crippen LogP contribution in [0.1, 0.15) is 40.2 Å². The maximum atomic E-state index is 14.1. The lowest BCUT2D eigenvalue weighted by atomic mass is 9.93. The van der Waals surface area contributed by atoms with Crippen LogP contribution in [-0.4, -0.2) is 35.3 Å². The van der Waals surface area contributed by atoms with Crippen LogP contribution >= 0.6 is 22.9 Å². The monoisotopic (exact) mass is 640 g/mol. The largest absolute Gasteiger partial charge is 0.497 e. The molecule has 1 atom stereocenters. The van der Waals surface area contributed by atoms with Crippen LogP contribution in [0.15, 0.2) is 105 Å². The molecule has 3 aromatic carbocycles. The number of aromatic nitrogens is 1. The Kier molecular flexibility index (Phi) is 8.25. The van der Waals surface area contributed by atoms with E-state index in [1.807, 2.05) is 42.5 Å². The summed E-state index contributed by atoms with van der Waals surface area (Å²) < 4.78 is 18.6. The number of esters is 1. The molecule has 2 aromatic heterocycles. The number of thiazole rings is 1. The number of rotatable bonds is 8. The van der Waals surface area contributed by atoms with E-state index >= 15 is 0 Å². The van der Waals surface area contributed by atoms with Crippen molar-refractivity contribution in [3.05, 3.63) is 138 Å². The van der Waals surface area contributed by atoms with E-state index in [0.717, 1.165) is 11.3 Å². The molecule has 226 valence electrons. The Balaban J connectivity index is 1.54. The average Bonchev–Trinajstić information content (AvgIpc) is 3.64. The van der Waals surface area contributed by atoms with E-state index in [0.29, 0.717) is 54.0 Å². The van der Waals surface area contributed by atoms with Gasteiger partial charge in [-0.1, -0.05) is 65.4 Å². The third-order valence-corrected chi connectivity index (χ3v) is 8.50. The maximum absolute atomic E-state index is 14.1. The van der Waals surface area contributed by atoms with Crippen LogP contribution < -0.4 is 19.6 Å². The van der Waals surface area contributed by atoms with E-state index in [1.165, 1.54) is 22.8 Å². The summed E-state index contributed by atoms with van der Waals surface area (Å²) in [4.78, 5) is 44.4. The molecular formula is C34H25ClN2O7S. The highest BCUT2D eigenvalue weighted by Gasteiger charge is 2.35. The Morgan fingerprint density at radius 2 is 1.82 bits per heavy atom. The van der Waals surface area contributed by atoms with Crippen LogP contribution in [0.5, 0.6) is 5.75 Å². The number of halogens is 1. The molecule has 0 radical (unpaired) electrons. The van der Waals surface area contributed by atoms with E-state index in [4.69, 9.17) is 30.5 Å². The number of ether oxygens (including phenoxy) is 2. The summed E-state index contributed by atoms with van der Waals surface area (Å²) in [5.41, 5.74) is 2.11. The molecule has 0 spiro atoms. The van der Waals surface area contributed by atoms with Gasteiger partial charge in [0.25, 0.3) is 5.56 Å². The summed E-state index contributed by atoms with van der Waals surface area (Å²) in [7, 11) is 1.56. The maximum Gasteiger partial charge on any atom is 0.338 e. The van der Waals surface area contributed by atoms with Crippen molar-refractivity contribution in [1.29, 1.82) is 0 Å². The molecule has 1 aliphatic rings. The zero-order valence-corrected chi connectivity index (χ0v) is 25.6. The van der Waals surface area contributed by atoms with Crippen molar-refractivity contribution in [2.75, 3.05) is 13.7 Å². The minimum Gasteiger partial charge on any atom is -0.497 e. The molecule has 45 heavy (non-hydrogen) atoms. The van der Waals surface area contributed by atoms with Gasteiger partial charge in [0.1, 0.15) is 17.3 Å². The van der Waals surface area contributed by atoms with Crippen molar-refractivity contribution >= 4 is 46.6 Å². The standard InChI is InChI=1S/C34H25ClN2O7S/c1-3-43-33(41)28-29(19-7-5-4-6-8-19)36-34-37(30(28)20-9-12-22(42-2)13-10-20)31(38)27(45-34)18-23-14-16-26(44-23)24-17-21(32(39)40)11-15-25(24)35/h4-18,30H,3H2,1-2H3,(H,39,40)/b27-18-/t30-/m0/s1. The van der Waals surface area contributed by atoms with Gasteiger partial charge in [-0.3, -0.25) is 9.36 Å². The fraction of sp³-hybridized carbons (Fsp3) is 0.118. The molecule has 5 aromatic rings. The molecule has 0 fully saturated rings. The summed E-state index contributed by atoms with van der Waals surface area (Å²) in [5.74, 6) is -0.357. The Morgan fingerprint density at radius 1 is 1.07 bits per heavy atom. The van der Waals surface area contributed by atoms with Crippen molar-refractivity contribution in [1.82, 2.24) is 4.57 Å². The van der Waals surface area contributed by atoms with Crippen molar-refractivity contribution in [2.45, 2.75) is 13.0 Å². The van der Waals surface area contributed by atoms with Gasteiger partial charge >= 0.3 is 11.9 Å². The van der Waals surface area contributed by atoms with Crippen LogP contribution in [0.3, 0.4) is 0 Å². The normalized spacial score (nSPS) is 14.6. The van der Waals surface area contributed by atoms with Gasteiger partial charge in [0.2, 0.25) is 0 Å². The lowest BCUT2D eigenvalue weighted by Gasteiger charge is -2.26. The summed E-state index contributed by atoms with van der Waals surface area (Å²) >= 11 is 7.50. The van der Waals surface area contributed by atoms with E-state index in [-0.39, 0.29) is 23.3 Å². The highest BCUT2D eigenvalue weighted by atomic mass is 35.5. The summed E-state index contributed by atoms with van der Waals surface area (Å²) in [6.07, 6.45) is 1.59. The number of hydrogen-bond donors (Lipinski definition) is 1. The van der Waals surface area contributed by atoms with Crippen LogP contribution in [0.4, 0.5) is 0 Å². The second kappa shape index (κ2) is 12.4. The first kappa shape index (κ1) is 29.9. The molecule has 0 saturated heterocycles. The lowest BCUT2D eigenvalue weighted by Crippen LogP contribution is -2.40. The van der Waals surface area contributed by atoms with Gasteiger partial charge in [0, 0.05) is 17.2 Å². The third kappa shape index (κ3) is 5.73. The zero-order valence-electron chi connectivity index (χ0n) is 24.0. The van der Waals surface area contributed by atoms with Crippen molar-refractivity contribution < 1.29 is 28.6 Å². The number of methoxy groups -OCH3 is 1. The van der Waals surface area contributed by atoms with Crippen LogP contribution in [-0.2, 0) is 9.53 Å². The van der Waals surface area contributed by atoms with Crippen LogP contribution in [0.25, 0.3) is 23.1 Å². The molecule has 1 N–H and O–H groups in total. The first-order chi connectivity index (χ1) is 21.8. The molecule has 11 heteroatoms. The Morgan fingerprint density at radius 3 is 2.51 bits per heavy atom. The van der Waals surface area contributed by atoms with Gasteiger partial charge in [0.15, 0.2) is 4.80 Å². The van der Waals surface area contributed by atoms with Gasteiger partial charge in [-0.25, -0.2) is 14.6 Å². The summed E-state index contributed by atoms with van der Waals surface area (Å²) in [6.45, 7) is 1.87. The van der Waals surface area contributed by atoms with Crippen molar-refractivity contribution in [3.8, 4) is 17.1 Å². The topological polar surface area (TPSA) is 120 Å². The average molecular weight is 641 g/mol. The number of carbonyl (C=O) groups excluding carboxylic acids is 1. The number of fused-ring (bicyclic) bond motifs is 1. The third-order valence-electron chi connectivity index (χ3n) is 7.18. The van der Waals surface area contributed by atoms with Gasteiger partial charge in [-0.2, -0.15) is 0 Å². The fourth-order valence-electron chi connectivity index (χ4n) is 5.09. The Labute approximate surface area is 265 Å². The number of benzene rings is 3. The highest BCUT2D eigenvalue weighted by Crippen LogP contribution is 2.36. The van der Waals surface area contributed by atoms with E-state index in [1.54, 1.807) is 44.4 Å². The molecule has 3 heterocycles. The molecule has 0 saturated carbocycles. The van der Waals surface area contributed by atoms with Crippen molar-refractivity contribution in [3.63, 3.8) is 0 Å². The smallest absolute Gasteiger partial charge is 0.338 e.